The van der Waals surface area contributed by atoms with Crippen molar-refractivity contribution in [1.29, 1.82) is 0 Å². The Bertz CT molecular complexity index is 554. The maximum absolute atomic E-state index is 9.31. The zero-order chi connectivity index (χ0) is 15.1. The minimum Gasteiger partial charge on any atom is -0.489 e. The number of methoxy groups -OCH3 is 1. The maximum atomic E-state index is 9.31. The molecule has 0 heterocycles. The minimum atomic E-state index is -1.48. The molecule has 4 nitrogen and oxygen atoms in total. The van der Waals surface area contributed by atoms with E-state index >= 15 is 0 Å². The van der Waals surface area contributed by atoms with E-state index < -0.39 is 7.12 Å². The molecule has 21 heavy (non-hydrogen) atoms. The Kier molecular flexibility index (Phi) is 5.81. The Balaban J connectivity index is 1.97. The molecule has 0 radical (unpaired) electrons. The third-order valence-corrected chi connectivity index (χ3v) is 3.25. The van der Waals surface area contributed by atoms with Crippen LogP contribution in [-0.2, 0) is 17.8 Å². The molecule has 0 aliphatic rings. The zero-order valence-electron chi connectivity index (χ0n) is 12.0. The van der Waals surface area contributed by atoms with Crippen molar-refractivity contribution in [3.63, 3.8) is 0 Å². The van der Waals surface area contributed by atoms with Gasteiger partial charge in [-0.2, -0.15) is 0 Å². The van der Waals surface area contributed by atoms with E-state index in [2.05, 4.69) is 0 Å². The fourth-order valence-electron chi connectivity index (χ4n) is 2.05. The summed E-state index contributed by atoms with van der Waals surface area (Å²) in [5.41, 5.74) is 2.42. The first kappa shape index (κ1) is 15.6. The van der Waals surface area contributed by atoms with E-state index in [4.69, 9.17) is 9.47 Å². The largest absolute Gasteiger partial charge is 0.489 e. The van der Waals surface area contributed by atoms with Crippen LogP contribution in [0.25, 0.3) is 0 Å². The van der Waals surface area contributed by atoms with Crippen LogP contribution in [0.4, 0.5) is 0 Å². The molecule has 0 unspecified atom stereocenters. The second-order valence-corrected chi connectivity index (χ2v) is 4.75. The summed E-state index contributed by atoms with van der Waals surface area (Å²) in [6.07, 6.45) is 0.871. The summed E-state index contributed by atoms with van der Waals surface area (Å²) in [6.45, 7) is 0.993. The quantitative estimate of drug-likeness (QED) is 0.749. The van der Waals surface area contributed by atoms with Crippen LogP contribution in [-0.4, -0.2) is 30.9 Å². The lowest BCUT2D eigenvalue weighted by molar-refractivity contribution is 0.202. The van der Waals surface area contributed by atoms with Gasteiger partial charge >= 0.3 is 7.12 Å². The lowest BCUT2D eigenvalue weighted by Crippen LogP contribution is -2.33. The molecule has 110 valence electrons. The van der Waals surface area contributed by atoms with E-state index in [0.717, 1.165) is 17.7 Å². The van der Waals surface area contributed by atoms with Gasteiger partial charge in [0.1, 0.15) is 12.4 Å². The fourth-order valence-corrected chi connectivity index (χ4v) is 2.05. The molecule has 2 aromatic rings. The molecule has 0 bridgehead atoms. The Hall–Kier alpha value is -1.82. The first-order chi connectivity index (χ1) is 10.2. The number of benzene rings is 2. The monoisotopic (exact) mass is 286 g/mol. The predicted octanol–water partition coefficient (Wildman–Crippen LogP) is 1.13. The summed E-state index contributed by atoms with van der Waals surface area (Å²) in [6, 6.07) is 14.9. The number of ether oxygens (including phenoxy) is 2. The lowest BCUT2D eigenvalue weighted by atomic mass is 9.77. The molecule has 2 N–H and O–H groups in total. The molecule has 0 fully saturated rings. The molecular formula is C16H19BO4. The van der Waals surface area contributed by atoms with E-state index in [1.807, 2.05) is 36.4 Å². The molecule has 0 saturated heterocycles. The summed E-state index contributed by atoms with van der Waals surface area (Å²) in [4.78, 5) is 0. The zero-order valence-corrected chi connectivity index (χ0v) is 12.0. The Morgan fingerprint density at radius 1 is 1.00 bits per heavy atom. The smallest absolute Gasteiger partial charge is 0.488 e. The van der Waals surface area contributed by atoms with E-state index in [1.165, 1.54) is 5.56 Å². The summed E-state index contributed by atoms with van der Waals surface area (Å²) >= 11 is 0. The third-order valence-electron chi connectivity index (χ3n) is 3.25. The molecule has 2 aromatic carbocycles. The van der Waals surface area contributed by atoms with Gasteiger partial charge in [-0.3, -0.25) is 0 Å². The average molecular weight is 286 g/mol. The van der Waals surface area contributed by atoms with Crippen LogP contribution >= 0.6 is 0 Å². The van der Waals surface area contributed by atoms with E-state index in [9.17, 15) is 10.0 Å². The first-order valence-electron chi connectivity index (χ1n) is 6.85. The van der Waals surface area contributed by atoms with Gasteiger partial charge in [0, 0.05) is 7.11 Å². The van der Waals surface area contributed by atoms with Crippen molar-refractivity contribution >= 4 is 12.6 Å². The average Bonchev–Trinajstić information content (AvgIpc) is 2.52. The number of hydrogen-bond donors (Lipinski definition) is 2. The minimum absolute atomic E-state index is 0.297. The van der Waals surface area contributed by atoms with Crippen molar-refractivity contribution in [2.75, 3.05) is 13.7 Å². The molecule has 5 heteroatoms. The summed E-state index contributed by atoms with van der Waals surface area (Å²) in [5.74, 6) is 0.749. The van der Waals surface area contributed by atoms with Gasteiger partial charge in [0.2, 0.25) is 0 Å². The van der Waals surface area contributed by atoms with Crippen molar-refractivity contribution in [2.45, 2.75) is 13.0 Å². The first-order valence-corrected chi connectivity index (χ1v) is 6.85. The predicted molar refractivity (Wildman–Crippen MR) is 82.6 cm³/mol. The van der Waals surface area contributed by atoms with E-state index in [-0.39, 0.29) is 0 Å². The molecule has 0 amide bonds. The number of hydrogen-bond acceptors (Lipinski definition) is 4. The van der Waals surface area contributed by atoms with E-state index in [1.54, 1.807) is 19.2 Å². The van der Waals surface area contributed by atoms with Crippen LogP contribution in [0.1, 0.15) is 11.1 Å². The van der Waals surface area contributed by atoms with Crippen LogP contribution in [0.15, 0.2) is 48.5 Å². The molecule has 0 aromatic heterocycles. The van der Waals surface area contributed by atoms with Gasteiger partial charge in [-0.05, 0) is 35.1 Å². The van der Waals surface area contributed by atoms with Crippen LogP contribution < -0.4 is 10.2 Å². The summed E-state index contributed by atoms with van der Waals surface area (Å²) in [5, 5.41) is 18.6. The topological polar surface area (TPSA) is 58.9 Å². The van der Waals surface area contributed by atoms with Crippen molar-refractivity contribution < 1.29 is 19.5 Å². The van der Waals surface area contributed by atoms with Crippen molar-refractivity contribution in [3.8, 4) is 5.75 Å². The molecule has 0 atom stereocenters. The maximum Gasteiger partial charge on any atom is 0.488 e. The highest BCUT2D eigenvalue weighted by Crippen LogP contribution is 2.14. The highest BCUT2D eigenvalue weighted by molar-refractivity contribution is 6.59. The molecular weight excluding hydrogens is 267 g/mol. The van der Waals surface area contributed by atoms with Gasteiger partial charge in [-0.1, -0.05) is 36.4 Å². The van der Waals surface area contributed by atoms with Gasteiger partial charge in [-0.25, -0.2) is 0 Å². The summed E-state index contributed by atoms with van der Waals surface area (Å²) < 4.78 is 10.7. The van der Waals surface area contributed by atoms with Crippen molar-refractivity contribution in [2.24, 2.45) is 0 Å². The van der Waals surface area contributed by atoms with Crippen LogP contribution in [0.5, 0.6) is 5.75 Å². The Morgan fingerprint density at radius 2 is 1.71 bits per heavy atom. The van der Waals surface area contributed by atoms with Gasteiger partial charge in [0.15, 0.2) is 0 Å². The molecule has 0 saturated carbocycles. The second-order valence-electron chi connectivity index (χ2n) is 4.75. The molecule has 0 aliphatic carbocycles. The molecule has 2 rings (SSSR count). The Morgan fingerprint density at radius 3 is 2.38 bits per heavy atom. The van der Waals surface area contributed by atoms with Gasteiger partial charge in [-0.15, -0.1) is 0 Å². The van der Waals surface area contributed by atoms with E-state index in [0.29, 0.717) is 18.7 Å². The normalized spacial score (nSPS) is 10.4. The molecule has 0 aliphatic heterocycles. The van der Waals surface area contributed by atoms with Crippen LogP contribution in [0, 0.1) is 0 Å². The SMILES string of the molecule is COCCc1ccc(OCc2ccccc2B(O)O)cc1. The van der Waals surface area contributed by atoms with Gasteiger partial charge in [0.25, 0.3) is 0 Å². The van der Waals surface area contributed by atoms with Crippen molar-refractivity contribution in [3.05, 3.63) is 59.7 Å². The van der Waals surface area contributed by atoms with Crippen LogP contribution in [0.3, 0.4) is 0 Å². The highest BCUT2D eigenvalue weighted by Gasteiger charge is 2.15. The van der Waals surface area contributed by atoms with Crippen molar-refractivity contribution in [1.82, 2.24) is 0 Å². The Labute approximate surface area is 125 Å². The summed E-state index contributed by atoms with van der Waals surface area (Å²) in [7, 11) is 0.200. The second kappa shape index (κ2) is 7.83. The highest BCUT2D eigenvalue weighted by atomic mass is 16.5. The van der Waals surface area contributed by atoms with Crippen LogP contribution in [0.2, 0.25) is 0 Å². The third kappa shape index (κ3) is 4.60. The lowest BCUT2D eigenvalue weighted by Gasteiger charge is -2.11. The standard InChI is InChI=1S/C16H19BO4/c1-20-11-10-13-6-8-15(9-7-13)21-12-14-4-2-3-5-16(14)17(18)19/h2-9,18-19H,10-12H2,1H3. The molecule has 0 spiro atoms. The van der Waals surface area contributed by atoms with Gasteiger partial charge in [0.05, 0.1) is 6.61 Å². The fraction of sp³-hybridized carbons (Fsp3) is 0.250. The van der Waals surface area contributed by atoms with Gasteiger partial charge < -0.3 is 19.5 Å². The number of rotatable bonds is 7.